The van der Waals surface area contributed by atoms with E-state index in [-0.39, 0.29) is 0 Å². The Hall–Kier alpha value is -3.15. The van der Waals surface area contributed by atoms with Gasteiger partial charge in [0.15, 0.2) is 11.8 Å². The largest absolute Gasteiger partial charge is 0.352 e. The lowest BCUT2D eigenvalue weighted by Crippen LogP contribution is -2.36. The van der Waals surface area contributed by atoms with Crippen LogP contribution in [0.5, 0.6) is 0 Å². The Labute approximate surface area is 166 Å². The van der Waals surface area contributed by atoms with Crippen LogP contribution in [-0.4, -0.2) is 27.8 Å². The van der Waals surface area contributed by atoms with Crippen molar-refractivity contribution in [2.45, 2.75) is 40.3 Å². The van der Waals surface area contributed by atoms with Crippen LogP contribution >= 0.6 is 0 Å². The molecule has 3 rings (SSSR count). The predicted octanol–water partition coefficient (Wildman–Crippen LogP) is 3.31. The fourth-order valence-electron chi connectivity index (χ4n) is 3.17. The molecule has 3 aromatic rings. The number of benzene rings is 1. The second kappa shape index (κ2) is 9.17. The average molecular weight is 377 g/mol. The zero-order valence-corrected chi connectivity index (χ0v) is 17.0. The van der Waals surface area contributed by atoms with Crippen molar-refractivity contribution in [2.24, 2.45) is 4.99 Å². The van der Waals surface area contributed by atoms with Gasteiger partial charge in [0, 0.05) is 32.0 Å². The number of guanidine groups is 1. The Morgan fingerprint density at radius 1 is 1.04 bits per heavy atom. The smallest absolute Gasteiger partial charge is 0.191 e. The number of aryl methyl sites for hydroxylation is 3. The average Bonchev–Trinajstić information content (AvgIpc) is 3.06. The maximum atomic E-state index is 4.54. The molecule has 0 amide bonds. The van der Waals surface area contributed by atoms with Crippen LogP contribution in [0.25, 0.3) is 5.82 Å². The summed E-state index contributed by atoms with van der Waals surface area (Å²) in [6.45, 7) is 7.59. The summed E-state index contributed by atoms with van der Waals surface area (Å²) in [4.78, 5) is 8.86. The first kappa shape index (κ1) is 19.6. The van der Waals surface area contributed by atoms with Gasteiger partial charge < -0.3 is 10.6 Å². The lowest BCUT2D eigenvalue weighted by molar-refractivity contribution is 0.787. The molecular formula is C22H28N6. The first-order valence-electron chi connectivity index (χ1n) is 9.60. The molecule has 0 saturated heterocycles. The van der Waals surface area contributed by atoms with Crippen molar-refractivity contribution < 1.29 is 0 Å². The number of hydrogen-bond donors (Lipinski definition) is 2. The van der Waals surface area contributed by atoms with Crippen molar-refractivity contribution in [3.8, 4) is 5.82 Å². The summed E-state index contributed by atoms with van der Waals surface area (Å²) in [6, 6.07) is 14.6. The standard InChI is InChI=1S/C22H28N6/c1-5-19-8-6-7-9-20(19)15-26-22(23-4)25-14-18-10-11-21(24-13-18)28-17(3)12-16(2)27-28/h6-13H,5,14-15H2,1-4H3,(H2,23,25,26). The molecule has 0 radical (unpaired) electrons. The van der Waals surface area contributed by atoms with Crippen LogP contribution in [0.2, 0.25) is 0 Å². The van der Waals surface area contributed by atoms with Gasteiger partial charge in [-0.05, 0) is 49.1 Å². The van der Waals surface area contributed by atoms with Gasteiger partial charge in [-0.15, -0.1) is 0 Å². The Balaban J connectivity index is 1.57. The Morgan fingerprint density at radius 3 is 2.39 bits per heavy atom. The third-order valence-electron chi connectivity index (χ3n) is 4.66. The lowest BCUT2D eigenvalue weighted by atomic mass is 10.1. The minimum absolute atomic E-state index is 0.652. The first-order valence-corrected chi connectivity index (χ1v) is 9.60. The first-order chi connectivity index (χ1) is 13.6. The Morgan fingerprint density at radius 2 is 1.79 bits per heavy atom. The summed E-state index contributed by atoms with van der Waals surface area (Å²) >= 11 is 0. The molecule has 1 aromatic carbocycles. The lowest BCUT2D eigenvalue weighted by Gasteiger charge is -2.14. The third kappa shape index (κ3) is 4.76. The van der Waals surface area contributed by atoms with Crippen molar-refractivity contribution in [2.75, 3.05) is 7.05 Å². The van der Waals surface area contributed by atoms with E-state index in [9.17, 15) is 0 Å². The molecule has 6 nitrogen and oxygen atoms in total. The molecule has 0 unspecified atom stereocenters. The number of nitrogens with zero attached hydrogens (tertiary/aromatic N) is 4. The van der Waals surface area contributed by atoms with Gasteiger partial charge in [-0.3, -0.25) is 4.99 Å². The van der Waals surface area contributed by atoms with Crippen LogP contribution < -0.4 is 10.6 Å². The molecule has 0 bridgehead atoms. The number of rotatable bonds is 6. The SMILES string of the molecule is CCc1ccccc1CNC(=NC)NCc1ccc(-n2nc(C)cc2C)nc1. The third-order valence-corrected chi connectivity index (χ3v) is 4.66. The van der Waals surface area contributed by atoms with Crippen molar-refractivity contribution in [1.82, 2.24) is 25.4 Å². The molecule has 0 aliphatic heterocycles. The van der Waals surface area contributed by atoms with Gasteiger partial charge in [-0.2, -0.15) is 5.10 Å². The molecule has 0 aliphatic rings. The molecular weight excluding hydrogens is 348 g/mol. The summed E-state index contributed by atoms with van der Waals surface area (Å²) < 4.78 is 1.86. The van der Waals surface area contributed by atoms with E-state index in [1.54, 1.807) is 7.05 Å². The van der Waals surface area contributed by atoms with Gasteiger partial charge in [0.2, 0.25) is 0 Å². The summed E-state index contributed by atoms with van der Waals surface area (Å²) in [6.07, 6.45) is 2.90. The minimum atomic E-state index is 0.652. The number of aliphatic imine (C=N–C) groups is 1. The van der Waals surface area contributed by atoms with Crippen LogP contribution in [0.1, 0.15) is 35.0 Å². The topological polar surface area (TPSA) is 67.1 Å². The zero-order chi connectivity index (χ0) is 19.9. The van der Waals surface area contributed by atoms with E-state index in [1.165, 1.54) is 11.1 Å². The maximum absolute atomic E-state index is 4.54. The molecule has 2 N–H and O–H groups in total. The minimum Gasteiger partial charge on any atom is -0.352 e. The zero-order valence-electron chi connectivity index (χ0n) is 17.0. The van der Waals surface area contributed by atoms with Crippen LogP contribution in [0.3, 0.4) is 0 Å². The summed E-state index contributed by atoms with van der Waals surface area (Å²) in [5.41, 5.74) is 5.80. The highest BCUT2D eigenvalue weighted by Crippen LogP contribution is 2.11. The molecule has 2 heterocycles. The molecule has 146 valence electrons. The summed E-state index contributed by atoms with van der Waals surface area (Å²) in [5.74, 6) is 1.60. The number of hydrogen-bond acceptors (Lipinski definition) is 3. The highest BCUT2D eigenvalue weighted by atomic mass is 15.3. The fourth-order valence-corrected chi connectivity index (χ4v) is 3.17. The second-order valence-corrected chi connectivity index (χ2v) is 6.77. The van der Waals surface area contributed by atoms with Crippen molar-refractivity contribution in [3.63, 3.8) is 0 Å². The molecule has 0 atom stereocenters. The van der Waals surface area contributed by atoms with Gasteiger partial charge in [0.1, 0.15) is 0 Å². The maximum Gasteiger partial charge on any atom is 0.191 e. The Bertz CT molecular complexity index is 940. The number of nitrogens with one attached hydrogen (secondary N) is 2. The second-order valence-electron chi connectivity index (χ2n) is 6.77. The van der Waals surface area contributed by atoms with E-state index in [0.29, 0.717) is 6.54 Å². The van der Waals surface area contributed by atoms with Gasteiger partial charge in [-0.25, -0.2) is 9.67 Å². The summed E-state index contributed by atoms with van der Waals surface area (Å²) in [5, 5.41) is 11.2. The van der Waals surface area contributed by atoms with E-state index in [2.05, 4.69) is 63.0 Å². The predicted molar refractivity (Wildman–Crippen MR) is 114 cm³/mol. The Kier molecular flexibility index (Phi) is 6.42. The van der Waals surface area contributed by atoms with Gasteiger partial charge in [0.05, 0.1) is 5.69 Å². The van der Waals surface area contributed by atoms with Crippen LogP contribution in [0.15, 0.2) is 53.7 Å². The van der Waals surface area contributed by atoms with Crippen LogP contribution in [0.4, 0.5) is 0 Å². The fraction of sp³-hybridized carbons (Fsp3) is 0.318. The summed E-state index contributed by atoms with van der Waals surface area (Å²) in [7, 11) is 1.78. The van der Waals surface area contributed by atoms with E-state index >= 15 is 0 Å². The van der Waals surface area contributed by atoms with Gasteiger partial charge in [-0.1, -0.05) is 37.3 Å². The number of aromatic nitrogens is 3. The molecule has 0 fully saturated rings. The number of pyridine rings is 1. The molecule has 28 heavy (non-hydrogen) atoms. The molecule has 0 spiro atoms. The van der Waals surface area contributed by atoms with E-state index in [0.717, 1.165) is 41.7 Å². The van der Waals surface area contributed by atoms with E-state index in [4.69, 9.17) is 0 Å². The van der Waals surface area contributed by atoms with E-state index < -0.39 is 0 Å². The van der Waals surface area contributed by atoms with Crippen LogP contribution in [0, 0.1) is 13.8 Å². The van der Waals surface area contributed by atoms with Crippen molar-refractivity contribution >= 4 is 5.96 Å². The van der Waals surface area contributed by atoms with Gasteiger partial charge >= 0.3 is 0 Å². The normalized spacial score (nSPS) is 11.5. The quantitative estimate of drug-likeness (QED) is 0.512. The highest BCUT2D eigenvalue weighted by Gasteiger charge is 2.06. The molecule has 0 saturated carbocycles. The molecule has 2 aromatic heterocycles. The van der Waals surface area contributed by atoms with Gasteiger partial charge in [0.25, 0.3) is 0 Å². The molecule has 6 heteroatoms. The van der Waals surface area contributed by atoms with Crippen molar-refractivity contribution in [3.05, 3.63) is 76.7 Å². The van der Waals surface area contributed by atoms with Crippen molar-refractivity contribution in [1.29, 1.82) is 0 Å². The molecule has 0 aliphatic carbocycles. The highest BCUT2D eigenvalue weighted by molar-refractivity contribution is 5.79. The van der Waals surface area contributed by atoms with Crippen LogP contribution in [-0.2, 0) is 19.5 Å². The monoisotopic (exact) mass is 376 g/mol. The van der Waals surface area contributed by atoms with E-state index in [1.807, 2.05) is 36.9 Å².